The third-order valence-corrected chi connectivity index (χ3v) is 7.01. The van der Waals surface area contributed by atoms with E-state index in [1.165, 1.54) is 11.7 Å². The van der Waals surface area contributed by atoms with Gasteiger partial charge in [0.1, 0.15) is 9.84 Å². The summed E-state index contributed by atoms with van der Waals surface area (Å²) in [5, 5.41) is 0. The first-order valence-corrected chi connectivity index (χ1v) is 13.8. The highest BCUT2D eigenvalue weighted by molar-refractivity contribution is 7.90. The quantitative estimate of drug-likeness (QED) is 0.339. The van der Waals surface area contributed by atoms with Gasteiger partial charge in [-0.1, -0.05) is 30.3 Å². The summed E-state index contributed by atoms with van der Waals surface area (Å²) in [5.41, 5.74) is 3.87. The minimum Gasteiger partial charge on any atom is -0.491 e. The van der Waals surface area contributed by atoms with Gasteiger partial charge in [0, 0.05) is 24.6 Å². The molecule has 0 aliphatic heterocycles. The normalized spacial score (nSPS) is 12.6. The van der Waals surface area contributed by atoms with Gasteiger partial charge < -0.3 is 9.47 Å². The lowest BCUT2D eigenvalue weighted by Crippen LogP contribution is -2.32. The molecular weight excluding hydrogens is 480 g/mol. The fourth-order valence-corrected chi connectivity index (χ4v) is 5.37. The van der Waals surface area contributed by atoms with Crippen LogP contribution in [0.5, 0.6) is 11.6 Å². The molecule has 0 N–H and O–H groups in total. The number of aryl methyl sites for hydroxylation is 2. The van der Waals surface area contributed by atoms with Crippen LogP contribution in [0.25, 0.3) is 22.3 Å². The maximum Gasteiger partial charge on any atom is 0.330 e. The van der Waals surface area contributed by atoms with Crippen LogP contribution < -0.4 is 15.2 Å². The monoisotopic (exact) mass is 510 g/mol. The van der Waals surface area contributed by atoms with E-state index in [1.807, 2.05) is 51.1 Å². The molecule has 0 radical (unpaired) electrons. The molecule has 0 fully saturated rings. The number of nitrogens with zero attached hydrogens (tertiary/aromatic N) is 4. The summed E-state index contributed by atoms with van der Waals surface area (Å²) >= 11 is 0. The average Bonchev–Trinajstić information content (AvgIpc) is 3.14. The fraction of sp³-hybridized carbons (Fsp3) is 0.346. The fourth-order valence-electron chi connectivity index (χ4n) is 4.48. The number of hydrogen-bond acceptors (Lipinski definition) is 7. The van der Waals surface area contributed by atoms with Gasteiger partial charge in [-0.2, -0.15) is 0 Å². The van der Waals surface area contributed by atoms with Crippen LogP contribution in [0.1, 0.15) is 31.1 Å². The number of fused-ring (bicyclic) bond motifs is 1. The van der Waals surface area contributed by atoms with Gasteiger partial charge in [0.05, 0.1) is 36.7 Å². The van der Waals surface area contributed by atoms with Crippen molar-refractivity contribution in [3.05, 3.63) is 70.4 Å². The zero-order chi connectivity index (χ0) is 26.0. The molecule has 4 aromatic rings. The molecule has 1 atom stereocenters. The van der Waals surface area contributed by atoms with E-state index in [4.69, 9.17) is 9.47 Å². The van der Waals surface area contributed by atoms with Crippen molar-refractivity contribution in [3.63, 3.8) is 0 Å². The lowest BCUT2D eigenvalue weighted by Gasteiger charge is -2.19. The highest BCUT2D eigenvalue weighted by Crippen LogP contribution is 2.32. The molecule has 0 amide bonds. The highest BCUT2D eigenvalue weighted by atomic mass is 32.2. The van der Waals surface area contributed by atoms with Crippen molar-refractivity contribution in [2.75, 3.05) is 25.7 Å². The lowest BCUT2D eigenvalue weighted by atomic mass is 10.0. The maximum atomic E-state index is 13.8. The predicted octanol–water partition coefficient (Wildman–Crippen LogP) is 3.63. The van der Waals surface area contributed by atoms with Gasteiger partial charge in [0.15, 0.2) is 11.4 Å². The van der Waals surface area contributed by atoms with Crippen molar-refractivity contribution in [1.82, 2.24) is 19.1 Å². The standard InChI is InChI=1S/C26H30N4O5S/c1-6-29-23-17(3)19(18-11-9-8-10-12-18)15-27-24(23)30(26(29)31)21(16-36(5,32)33)20-13-14-22(34-4)25(28-20)35-7-2/h8-15,21H,6-7,16H2,1-5H3/t21-/m0/s1. The Kier molecular flexibility index (Phi) is 7.16. The SMILES string of the molecule is CCOc1nc([C@H](CS(C)(=O)=O)n2c(=O)n(CC)c3c(C)c(-c4ccccc4)cnc32)ccc1OC. The number of benzene rings is 1. The molecule has 0 unspecified atom stereocenters. The predicted molar refractivity (Wildman–Crippen MR) is 140 cm³/mol. The van der Waals surface area contributed by atoms with E-state index in [1.54, 1.807) is 22.9 Å². The number of hydrogen-bond donors (Lipinski definition) is 0. The minimum atomic E-state index is -3.51. The van der Waals surface area contributed by atoms with Gasteiger partial charge in [0.2, 0.25) is 0 Å². The molecule has 36 heavy (non-hydrogen) atoms. The number of imidazole rings is 1. The topological polar surface area (TPSA) is 105 Å². The van der Waals surface area contributed by atoms with Crippen LogP contribution in [0.4, 0.5) is 0 Å². The van der Waals surface area contributed by atoms with Gasteiger partial charge in [-0.15, -0.1) is 0 Å². The summed E-state index contributed by atoms with van der Waals surface area (Å²) in [7, 11) is -2.01. The molecule has 10 heteroatoms. The van der Waals surface area contributed by atoms with E-state index in [-0.39, 0.29) is 17.3 Å². The summed E-state index contributed by atoms with van der Waals surface area (Å²) in [4.78, 5) is 23.0. The first kappa shape index (κ1) is 25.4. The van der Waals surface area contributed by atoms with Gasteiger partial charge in [-0.25, -0.2) is 23.2 Å². The Morgan fingerprint density at radius 1 is 1.08 bits per heavy atom. The number of pyridine rings is 2. The number of methoxy groups -OCH3 is 1. The van der Waals surface area contributed by atoms with Crippen LogP contribution >= 0.6 is 0 Å². The molecular formula is C26H30N4O5S. The number of ether oxygens (including phenoxy) is 2. The molecule has 1 aromatic carbocycles. The van der Waals surface area contributed by atoms with E-state index >= 15 is 0 Å². The van der Waals surface area contributed by atoms with Crippen molar-refractivity contribution >= 4 is 21.0 Å². The molecule has 0 spiro atoms. The first-order valence-electron chi connectivity index (χ1n) is 11.7. The third-order valence-electron chi connectivity index (χ3n) is 6.08. The van der Waals surface area contributed by atoms with E-state index in [9.17, 15) is 13.2 Å². The zero-order valence-electron chi connectivity index (χ0n) is 21.1. The smallest absolute Gasteiger partial charge is 0.330 e. The largest absolute Gasteiger partial charge is 0.491 e. The Balaban J connectivity index is 2.01. The molecule has 3 aromatic heterocycles. The second-order valence-corrected chi connectivity index (χ2v) is 10.7. The van der Waals surface area contributed by atoms with Crippen LogP contribution in [-0.4, -0.2) is 53.2 Å². The number of aromatic nitrogens is 4. The minimum absolute atomic E-state index is 0.235. The molecule has 0 aliphatic carbocycles. The summed E-state index contributed by atoms with van der Waals surface area (Å²) in [6, 6.07) is 12.2. The Hall–Kier alpha value is -3.66. The van der Waals surface area contributed by atoms with E-state index in [0.29, 0.717) is 35.8 Å². The maximum absolute atomic E-state index is 13.8. The third kappa shape index (κ3) is 4.73. The average molecular weight is 511 g/mol. The van der Waals surface area contributed by atoms with Gasteiger partial charge in [-0.05, 0) is 44.0 Å². The Morgan fingerprint density at radius 2 is 1.81 bits per heavy atom. The van der Waals surface area contributed by atoms with Crippen molar-refractivity contribution in [2.24, 2.45) is 0 Å². The summed E-state index contributed by atoms with van der Waals surface area (Å²) in [6.07, 6.45) is 2.87. The van der Waals surface area contributed by atoms with Gasteiger partial charge in [-0.3, -0.25) is 9.13 Å². The van der Waals surface area contributed by atoms with Crippen molar-refractivity contribution in [2.45, 2.75) is 33.4 Å². The van der Waals surface area contributed by atoms with Crippen molar-refractivity contribution < 1.29 is 17.9 Å². The van der Waals surface area contributed by atoms with Crippen LogP contribution in [0.2, 0.25) is 0 Å². The van der Waals surface area contributed by atoms with E-state index < -0.39 is 15.9 Å². The van der Waals surface area contributed by atoms with Crippen LogP contribution in [0.3, 0.4) is 0 Å². The second-order valence-electron chi connectivity index (χ2n) is 8.52. The first-order chi connectivity index (χ1) is 17.2. The van der Waals surface area contributed by atoms with Crippen molar-refractivity contribution in [1.29, 1.82) is 0 Å². The van der Waals surface area contributed by atoms with E-state index in [0.717, 1.165) is 22.9 Å². The Morgan fingerprint density at radius 3 is 2.42 bits per heavy atom. The zero-order valence-corrected chi connectivity index (χ0v) is 21.9. The summed E-state index contributed by atoms with van der Waals surface area (Å²) in [5.74, 6) is 0.323. The molecule has 0 saturated heterocycles. The summed E-state index contributed by atoms with van der Waals surface area (Å²) in [6.45, 7) is 6.39. The van der Waals surface area contributed by atoms with Crippen LogP contribution in [-0.2, 0) is 16.4 Å². The second kappa shape index (κ2) is 10.1. The van der Waals surface area contributed by atoms with Crippen LogP contribution in [0.15, 0.2) is 53.5 Å². The van der Waals surface area contributed by atoms with Crippen molar-refractivity contribution in [3.8, 4) is 22.8 Å². The molecule has 0 aliphatic rings. The molecule has 9 nitrogen and oxygen atoms in total. The van der Waals surface area contributed by atoms with Crippen LogP contribution in [0, 0.1) is 6.92 Å². The number of sulfone groups is 1. The molecule has 3 heterocycles. The van der Waals surface area contributed by atoms with E-state index in [2.05, 4.69) is 9.97 Å². The van der Waals surface area contributed by atoms with Gasteiger partial charge in [0.25, 0.3) is 5.88 Å². The lowest BCUT2D eigenvalue weighted by molar-refractivity contribution is 0.296. The Labute approximate surface area is 210 Å². The highest BCUT2D eigenvalue weighted by Gasteiger charge is 2.29. The number of rotatable bonds is 9. The van der Waals surface area contributed by atoms with Gasteiger partial charge >= 0.3 is 5.69 Å². The summed E-state index contributed by atoms with van der Waals surface area (Å²) < 4.78 is 39.1. The molecule has 0 saturated carbocycles. The molecule has 4 rings (SSSR count). The molecule has 0 bridgehead atoms. The Bertz CT molecular complexity index is 1560. The molecule has 190 valence electrons.